The van der Waals surface area contributed by atoms with E-state index in [2.05, 4.69) is 19.8 Å². The van der Waals surface area contributed by atoms with Crippen LogP contribution >= 0.6 is 0 Å². The van der Waals surface area contributed by atoms with Gasteiger partial charge in [-0.1, -0.05) is 0 Å². The fraction of sp³-hybridized carbons (Fsp3) is 0.300. The standard InChI is InChI=1S/C10H14N6O2S/c11-2-1-3-16-7-10(6-14-16)19(17,18)15-9-4-12-8-13-5-9/h4-8,15H,1-3,11H2. The Bertz CT molecular complexity index is 624. The first kappa shape index (κ1) is 13.4. The maximum Gasteiger partial charge on any atom is 0.265 e. The summed E-state index contributed by atoms with van der Waals surface area (Å²) in [5.74, 6) is 0. The molecule has 0 saturated heterocycles. The normalized spacial score (nSPS) is 11.4. The van der Waals surface area contributed by atoms with Crippen molar-refractivity contribution < 1.29 is 8.42 Å². The average Bonchev–Trinajstić information content (AvgIpc) is 2.86. The van der Waals surface area contributed by atoms with Gasteiger partial charge in [0.25, 0.3) is 10.0 Å². The molecule has 0 bridgehead atoms. The molecule has 19 heavy (non-hydrogen) atoms. The van der Waals surface area contributed by atoms with E-state index in [1.165, 1.54) is 31.1 Å². The van der Waals surface area contributed by atoms with Crippen molar-refractivity contribution in [2.24, 2.45) is 5.73 Å². The Morgan fingerprint density at radius 2 is 2.00 bits per heavy atom. The number of aryl methyl sites for hydroxylation is 1. The number of nitrogens with zero attached hydrogens (tertiary/aromatic N) is 4. The second-order valence-corrected chi connectivity index (χ2v) is 5.50. The zero-order valence-electron chi connectivity index (χ0n) is 10.1. The average molecular weight is 282 g/mol. The Morgan fingerprint density at radius 1 is 1.26 bits per heavy atom. The SMILES string of the molecule is NCCCn1cc(S(=O)(=O)Nc2cncnc2)cn1. The van der Waals surface area contributed by atoms with Crippen LogP contribution in [0.15, 0.2) is 36.0 Å². The van der Waals surface area contributed by atoms with Crippen molar-refractivity contribution in [1.29, 1.82) is 0 Å². The Balaban J connectivity index is 2.13. The van der Waals surface area contributed by atoms with Gasteiger partial charge in [0, 0.05) is 12.7 Å². The monoisotopic (exact) mass is 282 g/mol. The van der Waals surface area contributed by atoms with E-state index in [1.54, 1.807) is 4.68 Å². The highest BCUT2D eigenvalue weighted by molar-refractivity contribution is 7.92. The first-order valence-corrected chi connectivity index (χ1v) is 7.10. The van der Waals surface area contributed by atoms with Crippen LogP contribution in [-0.2, 0) is 16.6 Å². The molecule has 102 valence electrons. The second kappa shape index (κ2) is 5.76. The quantitative estimate of drug-likeness (QED) is 0.759. The summed E-state index contributed by atoms with van der Waals surface area (Å²) in [5, 5.41) is 3.97. The van der Waals surface area contributed by atoms with Crippen LogP contribution < -0.4 is 10.5 Å². The Labute approximate surface area is 110 Å². The van der Waals surface area contributed by atoms with Crippen molar-refractivity contribution >= 4 is 15.7 Å². The predicted molar refractivity (Wildman–Crippen MR) is 68.7 cm³/mol. The number of hydrogen-bond donors (Lipinski definition) is 2. The molecule has 0 atom stereocenters. The fourth-order valence-corrected chi connectivity index (χ4v) is 2.40. The van der Waals surface area contributed by atoms with Gasteiger partial charge in [0.15, 0.2) is 0 Å². The molecule has 0 aromatic carbocycles. The summed E-state index contributed by atoms with van der Waals surface area (Å²) in [6, 6.07) is 0. The fourth-order valence-electron chi connectivity index (χ4n) is 1.42. The van der Waals surface area contributed by atoms with Crippen molar-refractivity contribution in [3.05, 3.63) is 31.1 Å². The highest BCUT2D eigenvalue weighted by atomic mass is 32.2. The third-order valence-electron chi connectivity index (χ3n) is 2.32. The third-order valence-corrected chi connectivity index (χ3v) is 3.66. The molecule has 0 unspecified atom stereocenters. The molecule has 0 radical (unpaired) electrons. The summed E-state index contributed by atoms with van der Waals surface area (Å²) in [6.07, 6.45) is 7.57. The number of sulfonamides is 1. The van der Waals surface area contributed by atoms with Crippen molar-refractivity contribution in [2.45, 2.75) is 17.9 Å². The van der Waals surface area contributed by atoms with Crippen molar-refractivity contribution in [3.63, 3.8) is 0 Å². The lowest BCUT2D eigenvalue weighted by molar-refractivity contribution is 0.582. The molecule has 0 saturated carbocycles. The van der Waals surface area contributed by atoms with Crippen LogP contribution in [0.3, 0.4) is 0 Å². The number of hydrogen-bond acceptors (Lipinski definition) is 6. The zero-order valence-corrected chi connectivity index (χ0v) is 10.9. The van der Waals surface area contributed by atoms with Gasteiger partial charge >= 0.3 is 0 Å². The summed E-state index contributed by atoms with van der Waals surface area (Å²) >= 11 is 0. The summed E-state index contributed by atoms with van der Waals surface area (Å²) in [7, 11) is -3.66. The van der Waals surface area contributed by atoms with E-state index < -0.39 is 10.0 Å². The topological polar surface area (TPSA) is 116 Å². The molecule has 9 heteroatoms. The van der Waals surface area contributed by atoms with Crippen LogP contribution in [0.1, 0.15) is 6.42 Å². The molecule has 2 aromatic rings. The largest absolute Gasteiger partial charge is 0.330 e. The smallest absolute Gasteiger partial charge is 0.265 e. The molecule has 2 rings (SSSR count). The van der Waals surface area contributed by atoms with Gasteiger partial charge in [0.2, 0.25) is 0 Å². The Kier molecular flexibility index (Phi) is 4.07. The summed E-state index contributed by atoms with van der Waals surface area (Å²) < 4.78 is 28.0. The molecule has 0 fully saturated rings. The minimum Gasteiger partial charge on any atom is -0.330 e. The third kappa shape index (κ3) is 3.48. The first-order valence-electron chi connectivity index (χ1n) is 5.62. The number of rotatable bonds is 6. The van der Waals surface area contributed by atoms with Gasteiger partial charge < -0.3 is 5.73 Å². The highest BCUT2D eigenvalue weighted by Gasteiger charge is 2.16. The minimum absolute atomic E-state index is 0.0911. The Morgan fingerprint density at radius 3 is 2.68 bits per heavy atom. The predicted octanol–water partition coefficient (Wildman–Crippen LogP) is -0.177. The number of nitrogens with one attached hydrogen (secondary N) is 1. The van der Waals surface area contributed by atoms with Gasteiger partial charge in [-0.05, 0) is 13.0 Å². The lowest BCUT2D eigenvalue weighted by atomic mass is 10.4. The minimum atomic E-state index is -3.66. The first-order chi connectivity index (χ1) is 9.12. The summed E-state index contributed by atoms with van der Waals surface area (Å²) in [6.45, 7) is 1.11. The summed E-state index contributed by atoms with van der Waals surface area (Å²) in [5.41, 5.74) is 5.69. The van der Waals surface area contributed by atoms with Crippen LogP contribution in [0.2, 0.25) is 0 Å². The van der Waals surface area contributed by atoms with E-state index in [-0.39, 0.29) is 4.90 Å². The zero-order chi connectivity index (χ0) is 13.7. The molecule has 2 aromatic heterocycles. The molecule has 0 spiro atoms. The lowest BCUT2D eigenvalue weighted by Gasteiger charge is -2.04. The molecule has 3 N–H and O–H groups in total. The van der Waals surface area contributed by atoms with Crippen LogP contribution in [0.4, 0.5) is 5.69 Å². The van der Waals surface area contributed by atoms with E-state index in [0.29, 0.717) is 18.8 Å². The van der Waals surface area contributed by atoms with E-state index in [4.69, 9.17) is 5.73 Å². The van der Waals surface area contributed by atoms with Gasteiger partial charge in [0.05, 0.1) is 24.3 Å². The number of anilines is 1. The molecular formula is C10H14N6O2S. The van der Waals surface area contributed by atoms with Crippen molar-refractivity contribution in [2.75, 3.05) is 11.3 Å². The molecular weight excluding hydrogens is 268 g/mol. The van der Waals surface area contributed by atoms with E-state index in [1.807, 2.05) is 0 Å². The molecule has 2 heterocycles. The van der Waals surface area contributed by atoms with E-state index >= 15 is 0 Å². The van der Waals surface area contributed by atoms with Crippen LogP contribution in [0, 0.1) is 0 Å². The second-order valence-electron chi connectivity index (χ2n) is 3.81. The lowest BCUT2D eigenvalue weighted by Crippen LogP contribution is -2.12. The van der Waals surface area contributed by atoms with E-state index in [9.17, 15) is 8.42 Å². The van der Waals surface area contributed by atoms with Gasteiger partial charge in [-0.15, -0.1) is 0 Å². The maximum atomic E-state index is 12.0. The van der Waals surface area contributed by atoms with Gasteiger partial charge in [-0.25, -0.2) is 18.4 Å². The molecule has 0 amide bonds. The molecule has 0 aliphatic heterocycles. The van der Waals surface area contributed by atoms with Crippen molar-refractivity contribution in [3.8, 4) is 0 Å². The maximum absolute atomic E-state index is 12.0. The molecule has 0 aliphatic carbocycles. The highest BCUT2D eigenvalue weighted by Crippen LogP contribution is 2.13. The van der Waals surface area contributed by atoms with Crippen LogP contribution in [0.25, 0.3) is 0 Å². The van der Waals surface area contributed by atoms with Crippen molar-refractivity contribution in [1.82, 2.24) is 19.7 Å². The van der Waals surface area contributed by atoms with Crippen LogP contribution in [0.5, 0.6) is 0 Å². The van der Waals surface area contributed by atoms with Gasteiger partial charge in [-0.3, -0.25) is 9.40 Å². The molecule has 0 aliphatic rings. The number of aromatic nitrogens is 4. The van der Waals surface area contributed by atoms with Gasteiger partial charge in [-0.2, -0.15) is 5.10 Å². The number of nitrogens with two attached hydrogens (primary N) is 1. The molecule has 8 nitrogen and oxygen atoms in total. The Hall–Kier alpha value is -2.00. The van der Waals surface area contributed by atoms with Gasteiger partial charge in [0.1, 0.15) is 11.2 Å². The van der Waals surface area contributed by atoms with Crippen LogP contribution in [-0.4, -0.2) is 34.7 Å². The summed E-state index contributed by atoms with van der Waals surface area (Å²) in [4.78, 5) is 7.56. The van der Waals surface area contributed by atoms with E-state index in [0.717, 1.165) is 6.42 Å².